The molecule has 0 heterocycles. The van der Waals surface area contributed by atoms with Crippen molar-refractivity contribution in [3.8, 4) is 0 Å². The largest absolute Gasteiger partial charge is 0.352 e. The second-order valence-corrected chi connectivity index (χ2v) is 4.94. The summed E-state index contributed by atoms with van der Waals surface area (Å²) in [4.78, 5) is 23.4. The summed E-state index contributed by atoms with van der Waals surface area (Å²) in [5.74, 6) is -0.257. The maximum absolute atomic E-state index is 11.7. The molecule has 0 saturated heterocycles. The molecular formula is C14H20ClN3O2. The van der Waals surface area contributed by atoms with Crippen LogP contribution in [-0.2, 0) is 4.79 Å². The average Bonchev–Trinajstić information content (AvgIpc) is 3.16. The van der Waals surface area contributed by atoms with E-state index in [0.717, 1.165) is 19.3 Å². The Kier molecular flexibility index (Phi) is 5.53. The molecule has 4 N–H and O–H groups in total. The van der Waals surface area contributed by atoms with E-state index in [9.17, 15) is 9.59 Å². The zero-order chi connectivity index (χ0) is 13.9. The van der Waals surface area contributed by atoms with Gasteiger partial charge in [-0.3, -0.25) is 9.59 Å². The number of nitrogens with one attached hydrogen (secondary N) is 2. The van der Waals surface area contributed by atoms with Crippen LogP contribution >= 0.6 is 12.4 Å². The van der Waals surface area contributed by atoms with Gasteiger partial charge >= 0.3 is 0 Å². The molecule has 1 saturated carbocycles. The number of anilines is 1. The maximum Gasteiger partial charge on any atom is 0.251 e. The van der Waals surface area contributed by atoms with E-state index in [-0.39, 0.29) is 24.2 Å². The smallest absolute Gasteiger partial charge is 0.251 e. The number of halogens is 1. The van der Waals surface area contributed by atoms with E-state index in [1.54, 1.807) is 24.3 Å². The molecule has 5 nitrogen and oxygen atoms in total. The lowest BCUT2D eigenvalue weighted by molar-refractivity contribution is -0.118. The molecule has 2 rings (SSSR count). The zero-order valence-electron chi connectivity index (χ0n) is 11.4. The van der Waals surface area contributed by atoms with Crippen LogP contribution in [0.2, 0.25) is 0 Å². The standard InChI is InChI=1S/C14H19N3O2.ClH/c1-2-9-16-12(18)10-3-5-11(6-4-10)17-13(19)14(15)7-8-14;/h3-6H,2,7-9,15H2,1H3,(H,16,18)(H,17,19);1H. The fraction of sp³-hybridized carbons (Fsp3) is 0.429. The lowest BCUT2D eigenvalue weighted by Crippen LogP contribution is -2.37. The highest BCUT2D eigenvalue weighted by Crippen LogP contribution is 2.33. The highest BCUT2D eigenvalue weighted by molar-refractivity contribution is 6.00. The SMILES string of the molecule is CCCNC(=O)c1ccc(NC(=O)C2(N)CC2)cc1.Cl. The lowest BCUT2D eigenvalue weighted by Gasteiger charge is -2.10. The van der Waals surface area contributed by atoms with Gasteiger partial charge in [0.2, 0.25) is 5.91 Å². The molecule has 1 aromatic rings. The van der Waals surface area contributed by atoms with Crippen molar-refractivity contribution in [2.75, 3.05) is 11.9 Å². The summed E-state index contributed by atoms with van der Waals surface area (Å²) in [7, 11) is 0. The van der Waals surface area contributed by atoms with Crippen LogP contribution in [0, 0.1) is 0 Å². The van der Waals surface area contributed by atoms with Crippen LogP contribution in [0.15, 0.2) is 24.3 Å². The zero-order valence-corrected chi connectivity index (χ0v) is 12.3. The van der Waals surface area contributed by atoms with Gasteiger partial charge in [0.05, 0.1) is 5.54 Å². The molecule has 0 aromatic heterocycles. The molecule has 1 aliphatic carbocycles. The van der Waals surface area contributed by atoms with Gasteiger partial charge < -0.3 is 16.4 Å². The lowest BCUT2D eigenvalue weighted by atomic mass is 10.2. The quantitative estimate of drug-likeness (QED) is 0.773. The highest BCUT2D eigenvalue weighted by Gasteiger charge is 2.45. The molecule has 0 bridgehead atoms. The van der Waals surface area contributed by atoms with Gasteiger partial charge in [0.25, 0.3) is 5.91 Å². The van der Waals surface area contributed by atoms with Crippen LogP contribution in [0.4, 0.5) is 5.69 Å². The van der Waals surface area contributed by atoms with Crippen molar-refractivity contribution in [3.63, 3.8) is 0 Å². The summed E-state index contributed by atoms with van der Waals surface area (Å²) in [5.41, 5.74) is 6.36. The third-order valence-corrected chi connectivity index (χ3v) is 3.18. The summed E-state index contributed by atoms with van der Waals surface area (Å²) >= 11 is 0. The molecule has 0 aliphatic heterocycles. The molecule has 1 aromatic carbocycles. The van der Waals surface area contributed by atoms with E-state index in [1.807, 2.05) is 6.92 Å². The van der Waals surface area contributed by atoms with Crippen molar-refractivity contribution in [2.24, 2.45) is 5.73 Å². The molecule has 6 heteroatoms. The molecule has 1 fully saturated rings. The Balaban J connectivity index is 0.00000200. The molecular weight excluding hydrogens is 278 g/mol. The number of hydrogen-bond donors (Lipinski definition) is 3. The first kappa shape index (κ1) is 16.5. The van der Waals surface area contributed by atoms with E-state index in [0.29, 0.717) is 17.8 Å². The first-order valence-corrected chi connectivity index (χ1v) is 6.54. The molecule has 1 aliphatic rings. The monoisotopic (exact) mass is 297 g/mol. The molecule has 0 unspecified atom stereocenters. The van der Waals surface area contributed by atoms with Crippen molar-refractivity contribution in [1.29, 1.82) is 0 Å². The van der Waals surface area contributed by atoms with Crippen LogP contribution in [0.1, 0.15) is 36.5 Å². The van der Waals surface area contributed by atoms with Crippen LogP contribution in [0.5, 0.6) is 0 Å². The van der Waals surface area contributed by atoms with Crippen LogP contribution in [0.25, 0.3) is 0 Å². The van der Waals surface area contributed by atoms with Gasteiger partial charge in [-0.15, -0.1) is 12.4 Å². The fourth-order valence-electron chi connectivity index (χ4n) is 1.66. The van der Waals surface area contributed by atoms with Gasteiger partial charge in [0.15, 0.2) is 0 Å². The van der Waals surface area contributed by atoms with Crippen LogP contribution < -0.4 is 16.4 Å². The Bertz CT molecular complexity index is 484. The number of nitrogens with two attached hydrogens (primary N) is 1. The molecule has 0 atom stereocenters. The number of rotatable bonds is 5. The van der Waals surface area contributed by atoms with Crippen molar-refractivity contribution in [2.45, 2.75) is 31.7 Å². The summed E-state index contributed by atoms with van der Waals surface area (Å²) < 4.78 is 0. The van der Waals surface area contributed by atoms with E-state index in [4.69, 9.17) is 5.73 Å². The number of hydrogen-bond acceptors (Lipinski definition) is 3. The number of benzene rings is 1. The average molecular weight is 298 g/mol. The van der Waals surface area contributed by atoms with Crippen molar-refractivity contribution < 1.29 is 9.59 Å². The number of amides is 2. The summed E-state index contributed by atoms with van der Waals surface area (Å²) in [6.07, 6.45) is 2.37. The summed E-state index contributed by atoms with van der Waals surface area (Å²) in [6, 6.07) is 6.81. The molecule has 2 amide bonds. The van der Waals surface area contributed by atoms with E-state index in [1.165, 1.54) is 0 Å². The predicted molar refractivity (Wildman–Crippen MR) is 81.1 cm³/mol. The minimum atomic E-state index is -0.683. The third kappa shape index (κ3) is 3.95. The minimum absolute atomic E-state index is 0. The van der Waals surface area contributed by atoms with Crippen LogP contribution in [0.3, 0.4) is 0 Å². The Morgan fingerprint density at radius 2 is 1.85 bits per heavy atom. The Hall–Kier alpha value is -1.59. The highest BCUT2D eigenvalue weighted by atomic mass is 35.5. The Labute approximate surface area is 124 Å². The van der Waals surface area contributed by atoms with Gasteiger partial charge in [-0.25, -0.2) is 0 Å². The predicted octanol–water partition coefficient (Wildman–Crippen LogP) is 1.68. The van der Waals surface area contributed by atoms with Crippen molar-refractivity contribution in [3.05, 3.63) is 29.8 Å². The number of carbonyl (C=O) groups excluding carboxylic acids is 2. The molecule has 0 spiro atoms. The van der Waals surface area contributed by atoms with Gasteiger partial charge in [-0.2, -0.15) is 0 Å². The van der Waals surface area contributed by atoms with Gasteiger partial charge in [0.1, 0.15) is 0 Å². The summed E-state index contributed by atoms with van der Waals surface area (Å²) in [5, 5.41) is 5.55. The third-order valence-electron chi connectivity index (χ3n) is 3.18. The summed E-state index contributed by atoms with van der Waals surface area (Å²) in [6.45, 7) is 2.66. The molecule has 20 heavy (non-hydrogen) atoms. The second kappa shape index (κ2) is 6.72. The second-order valence-electron chi connectivity index (χ2n) is 4.94. The van der Waals surface area contributed by atoms with Crippen LogP contribution in [-0.4, -0.2) is 23.9 Å². The van der Waals surface area contributed by atoms with Crippen molar-refractivity contribution in [1.82, 2.24) is 5.32 Å². The van der Waals surface area contributed by atoms with Gasteiger partial charge in [0, 0.05) is 17.8 Å². The fourth-order valence-corrected chi connectivity index (χ4v) is 1.66. The first-order chi connectivity index (χ1) is 9.05. The molecule has 110 valence electrons. The molecule has 0 radical (unpaired) electrons. The van der Waals surface area contributed by atoms with Crippen molar-refractivity contribution >= 4 is 29.9 Å². The Morgan fingerprint density at radius 3 is 2.35 bits per heavy atom. The number of carbonyl (C=O) groups is 2. The maximum atomic E-state index is 11.7. The van der Waals surface area contributed by atoms with E-state index in [2.05, 4.69) is 10.6 Å². The van der Waals surface area contributed by atoms with Gasteiger partial charge in [-0.05, 0) is 43.5 Å². The minimum Gasteiger partial charge on any atom is -0.352 e. The first-order valence-electron chi connectivity index (χ1n) is 6.54. The Morgan fingerprint density at radius 1 is 1.25 bits per heavy atom. The van der Waals surface area contributed by atoms with E-state index >= 15 is 0 Å². The topological polar surface area (TPSA) is 84.2 Å². The van der Waals surface area contributed by atoms with Gasteiger partial charge in [-0.1, -0.05) is 6.92 Å². The normalized spacial score (nSPS) is 14.9. The van der Waals surface area contributed by atoms with E-state index < -0.39 is 5.54 Å².